The molecule has 0 radical (unpaired) electrons. The quantitative estimate of drug-likeness (QED) is 0.793. The number of aromatic hydroxyl groups is 1. The Bertz CT molecular complexity index is 895. The third kappa shape index (κ3) is 3.88. The van der Waals surface area contributed by atoms with Gasteiger partial charge >= 0.3 is 0 Å². The van der Waals surface area contributed by atoms with Crippen molar-refractivity contribution in [1.29, 1.82) is 0 Å². The van der Waals surface area contributed by atoms with Crippen LogP contribution in [0.15, 0.2) is 48.5 Å². The molecule has 0 aliphatic carbocycles. The molecule has 6 nitrogen and oxygen atoms in total. The third-order valence-electron chi connectivity index (χ3n) is 5.86. The first-order valence-corrected chi connectivity index (χ1v) is 10.1. The van der Waals surface area contributed by atoms with Gasteiger partial charge in [-0.15, -0.1) is 0 Å². The molecule has 3 amide bonds. The van der Waals surface area contributed by atoms with E-state index < -0.39 is 0 Å². The fourth-order valence-corrected chi connectivity index (χ4v) is 4.20. The summed E-state index contributed by atoms with van der Waals surface area (Å²) in [4.78, 5) is 40.4. The predicted octanol–water partition coefficient (Wildman–Crippen LogP) is 3.17. The molecule has 0 aromatic heterocycles. The van der Waals surface area contributed by atoms with Crippen LogP contribution >= 0.6 is 0 Å². The highest BCUT2D eigenvalue weighted by Crippen LogP contribution is 2.29. The zero-order valence-electron chi connectivity index (χ0n) is 16.2. The highest BCUT2D eigenvalue weighted by atomic mass is 16.3. The standard InChI is InChI=1S/C23H24N2O4/c26-18-9-7-16(8-10-18)17-11-14-24(15-12-17)21(27)6-3-13-25-22(28)19-4-1-2-5-20(19)23(25)29/h1-2,4-5,7-10,17,26H,3,6,11-15H2. The molecule has 0 saturated carbocycles. The number of imide groups is 1. The lowest BCUT2D eigenvalue weighted by atomic mass is 9.89. The molecule has 0 unspecified atom stereocenters. The molecule has 1 saturated heterocycles. The van der Waals surface area contributed by atoms with Gasteiger partial charge in [0.05, 0.1) is 11.1 Å². The minimum atomic E-state index is -0.271. The van der Waals surface area contributed by atoms with Crippen molar-refractivity contribution in [2.24, 2.45) is 0 Å². The molecule has 2 aromatic carbocycles. The lowest BCUT2D eigenvalue weighted by molar-refractivity contribution is -0.132. The second-order valence-corrected chi connectivity index (χ2v) is 7.66. The molecule has 2 heterocycles. The maximum atomic E-state index is 12.5. The highest BCUT2D eigenvalue weighted by Gasteiger charge is 2.34. The number of phenols is 1. The average Bonchev–Trinajstić information content (AvgIpc) is 2.99. The maximum absolute atomic E-state index is 12.5. The van der Waals surface area contributed by atoms with E-state index in [9.17, 15) is 19.5 Å². The Morgan fingerprint density at radius 2 is 1.52 bits per heavy atom. The van der Waals surface area contributed by atoms with E-state index in [0.717, 1.165) is 12.8 Å². The second-order valence-electron chi connectivity index (χ2n) is 7.66. The molecule has 0 bridgehead atoms. The molecule has 6 heteroatoms. The van der Waals surface area contributed by atoms with E-state index >= 15 is 0 Å². The molecule has 2 aliphatic rings. The summed E-state index contributed by atoms with van der Waals surface area (Å²) in [5, 5.41) is 9.42. The summed E-state index contributed by atoms with van der Waals surface area (Å²) in [6, 6.07) is 14.1. The summed E-state index contributed by atoms with van der Waals surface area (Å²) in [5.41, 5.74) is 2.08. The number of nitrogens with zero attached hydrogens (tertiary/aromatic N) is 2. The van der Waals surface area contributed by atoms with Gasteiger partial charge in [-0.2, -0.15) is 0 Å². The Labute approximate surface area is 169 Å². The van der Waals surface area contributed by atoms with E-state index in [0.29, 0.717) is 43.0 Å². The van der Waals surface area contributed by atoms with Gasteiger partial charge in [0, 0.05) is 26.1 Å². The molecular formula is C23H24N2O4. The fourth-order valence-electron chi connectivity index (χ4n) is 4.20. The number of carbonyl (C=O) groups is 3. The van der Waals surface area contributed by atoms with E-state index in [1.165, 1.54) is 10.5 Å². The molecule has 4 rings (SSSR count). The van der Waals surface area contributed by atoms with Crippen LogP contribution in [0.1, 0.15) is 57.9 Å². The maximum Gasteiger partial charge on any atom is 0.261 e. The summed E-state index contributed by atoms with van der Waals surface area (Å²) in [5.74, 6) is 0.198. The Balaban J connectivity index is 1.24. The van der Waals surface area contributed by atoms with Crippen LogP contribution in [0.3, 0.4) is 0 Å². The number of fused-ring (bicyclic) bond motifs is 1. The van der Waals surface area contributed by atoms with Crippen molar-refractivity contribution in [3.05, 3.63) is 65.2 Å². The van der Waals surface area contributed by atoms with Crippen LogP contribution in [-0.4, -0.2) is 52.3 Å². The number of hydrogen-bond acceptors (Lipinski definition) is 4. The molecule has 150 valence electrons. The van der Waals surface area contributed by atoms with Crippen molar-refractivity contribution in [1.82, 2.24) is 9.80 Å². The summed E-state index contributed by atoms with van der Waals surface area (Å²) in [6.45, 7) is 1.68. The van der Waals surface area contributed by atoms with Crippen LogP contribution < -0.4 is 0 Å². The largest absolute Gasteiger partial charge is 0.508 e. The van der Waals surface area contributed by atoms with E-state index in [2.05, 4.69) is 0 Å². The summed E-state index contributed by atoms with van der Waals surface area (Å²) in [7, 11) is 0. The van der Waals surface area contributed by atoms with Crippen molar-refractivity contribution in [3.63, 3.8) is 0 Å². The van der Waals surface area contributed by atoms with Crippen LogP contribution in [0.5, 0.6) is 5.75 Å². The summed E-state index contributed by atoms with van der Waals surface area (Å²) < 4.78 is 0. The van der Waals surface area contributed by atoms with Crippen LogP contribution in [-0.2, 0) is 4.79 Å². The van der Waals surface area contributed by atoms with Crippen molar-refractivity contribution >= 4 is 17.7 Å². The van der Waals surface area contributed by atoms with E-state index in [-0.39, 0.29) is 30.0 Å². The van der Waals surface area contributed by atoms with Gasteiger partial charge < -0.3 is 10.0 Å². The van der Waals surface area contributed by atoms with Crippen LogP contribution in [0.4, 0.5) is 0 Å². The zero-order chi connectivity index (χ0) is 20.4. The third-order valence-corrected chi connectivity index (χ3v) is 5.86. The number of amides is 3. The monoisotopic (exact) mass is 392 g/mol. The molecule has 2 aromatic rings. The predicted molar refractivity (Wildman–Crippen MR) is 108 cm³/mol. The SMILES string of the molecule is O=C(CCCN1C(=O)c2ccccc2C1=O)N1CCC(c2ccc(O)cc2)CC1. The fraction of sp³-hybridized carbons (Fsp3) is 0.348. The number of carbonyl (C=O) groups excluding carboxylic acids is 3. The zero-order valence-corrected chi connectivity index (χ0v) is 16.2. The lowest BCUT2D eigenvalue weighted by Gasteiger charge is -2.32. The topological polar surface area (TPSA) is 77.9 Å². The van der Waals surface area contributed by atoms with Gasteiger partial charge in [0.2, 0.25) is 5.91 Å². The minimum Gasteiger partial charge on any atom is -0.508 e. The Hall–Kier alpha value is -3.15. The number of phenolic OH excluding ortho intramolecular Hbond substituents is 1. The molecule has 0 spiro atoms. The molecule has 2 aliphatic heterocycles. The Kier molecular flexibility index (Phi) is 5.34. The smallest absolute Gasteiger partial charge is 0.261 e. The van der Waals surface area contributed by atoms with E-state index in [1.54, 1.807) is 36.4 Å². The van der Waals surface area contributed by atoms with Gasteiger partial charge in [-0.25, -0.2) is 0 Å². The highest BCUT2D eigenvalue weighted by molar-refractivity contribution is 6.21. The summed E-state index contributed by atoms with van der Waals surface area (Å²) in [6.07, 6.45) is 2.60. The van der Waals surface area contributed by atoms with Crippen LogP contribution in [0, 0.1) is 0 Å². The minimum absolute atomic E-state index is 0.0748. The number of rotatable bonds is 5. The molecule has 29 heavy (non-hydrogen) atoms. The van der Waals surface area contributed by atoms with Gasteiger partial charge in [-0.1, -0.05) is 24.3 Å². The molecule has 0 atom stereocenters. The van der Waals surface area contributed by atoms with Gasteiger partial charge in [0.25, 0.3) is 11.8 Å². The first kappa shape index (κ1) is 19.2. The van der Waals surface area contributed by atoms with Gasteiger partial charge in [0.15, 0.2) is 0 Å². The first-order chi connectivity index (χ1) is 14.0. The number of piperidine rings is 1. The summed E-state index contributed by atoms with van der Waals surface area (Å²) >= 11 is 0. The second kappa shape index (κ2) is 8.07. The van der Waals surface area contributed by atoms with Gasteiger partial charge in [0.1, 0.15) is 5.75 Å². The lowest BCUT2D eigenvalue weighted by Crippen LogP contribution is -2.38. The average molecular weight is 392 g/mol. The Morgan fingerprint density at radius 1 is 0.931 bits per heavy atom. The van der Waals surface area contributed by atoms with Gasteiger partial charge in [-0.3, -0.25) is 19.3 Å². The molecule has 1 N–H and O–H groups in total. The van der Waals surface area contributed by atoms with Crippen molar-refractivity contribution in [2.45, 2.75) is 31.6 Å². The number of hydrogen-bond donors (Lipinski definition) is 1. The van der Waals surface area contributed by atoms with E-state index in [1.807, 2.05) is 17.0 Å². The van der Waals surface area contributed by atoms with Crippen molar-refractivity contribution in [2.75, 3.05) is 19.6 Å². The number of likely N-dealkylation sites (tertiary alicyclic amines) is 1. The van der Waals surface area contributed by atoms with Crippen LogP contribution in [0.25, 0.3) is 0 Å². The van der Waals surface area contributed by atoms with Gasteiger partial charge in [-0.05, 0) is 55.0 Å². The Morgan fingerprint density at radius 3 is 2.10 bits per heavy atom. The molecule has 1 fully saturated rings. The first-order valence-electron chi connectivity index (χ1n) is 10.1. The normalized spacial score (nSPS) is 17.0. The van der Waals surface area contributed by atoms with E-state index in [4.69, 9.17) is 0 Å². The van der Waals surface area contributed by atoms with Crippen molar-refractivity contribution in [3.8, 4) is 5.75 Å². The number of benzene rings is 2. The van der Waals surface area contributed by atoms with Crippen LogP contribution in [0.2, 0.25) is 0 Å². The molecular weight excluding hydrogens is 368 g/mol. The van der Waals surface area contributed by atoms with Crippen molar-refractivity contribution < 1.29 is 19.5 Å².